The molecule has 4 nitrogen and oxygen atoms in total. The van der Waals surface area contributed by atoms with Crippen LogP contribution in [0.15, 0.2) is 0 Å². The molecule has 2 atom stereocenters. The number of nitrogens with one attached hydrogen (secondary N) is 1. The average Bonchev–Trinajstić information content (AvgIpc) is 2.33. The zero-order valence-corrected chi connectivity index (χ0v) is 13.4. The zero-order chi connectivity index (χ0) is 14.9. The van der Waals surface area contributed by atoms with E-state index >= 15 is 0 Å². The van der Waals surface area contributed by atoms with Crippen LogP contribution < -0.4 is 11.1 Å². The van der Waals surface area contributed by atoms with Crippen LogP contribution in [-0.2, 0) is 0 Å². The molecule has 112 valence electrons. The van der Waals surface area contributed by atoms with Crippen molar-refractivity contribution >= 4 is 11.6 Å². The Labute approximate surface area is 122 Å². The van der Waals surface area contributed by atoms with E-state index in [4.69, 9.17) is 5.73 Å². The Morgan fingerprint density at radius 3 is 2.25 bits per heavy atom. The molecule has 0 amide bonds. The van der Waals surface area contributed by atoms with Gasteiger partial charge in [0.2, 0.25) is 0 Å². The van der Waals surface area contributed by atoms with Gasteiger partial charge in [0.15, 0.2) is 0 Å². The maximum absolute atomic E-state index is 6.03. The fraction of sp³-hybridized carbons (Fsp3) is 0.750. The van der Waals surface area contributed by atoms with Gasteiger partial charge in [-0.2, -0.15) is 0 Å². The van der Waals surface area contributed by atoms with E-state index in [1.54, 1.807) is 0 Å². The van der Waals surface area contributed by atoms with Crippen molar-refractivity contribution in [1.82, 2.24) is 9.97 Å². The van der Waals surface area contributed by atoms with Crippen LogP contribution in [0.25, 0.3) is 0 Å². The van der Waals surface area contributed by atoms with E-state index in [-0.39, 0.29) is 0 Å². The van der Waals surface area contributed by atoms with Crippen molar-refractivity contribution in [3.8, 4) is 0 Å². The van der Waals surface area contributed by atoms with Gasteiger partial charge in [0.05, 0.1) is 0 Å². The van der Waals surface area contributed by atoms with Gasteiger partial charge in [-0.15, -0.1) is 0 Å². The summed E-state index contributed by atoms with van der Waals surface area (Å²) in [7, 11) is 0. The summed E-state index contributed by atoms with van der Waals surface area (Å²) in [6, 6.07) is 0.502. The fourth-order valence-corrected chi connectivity index (χ4v) is 3.21. The predicted molar refractivity (Wildman–Crippen MR) is 84.9 cm³/mol. The Hall–Kier alpha value is -1.32. The second-order valence-corrected chi connectivity index (χ2v) is 6.85. The Morgan fingerprint density at radius 1 is 1.10 bits per heavy atom. The third-order valence-corrected chi connectivity index (χ3v) is 4.24. The molecule has 4 heteroatoms. The van der Waals surface area contributed by atoms with Crippen molar-refractivity contribution in [3.05, 3.63) is 11.4 Å². The number of nitrogen functional groups attached to an aromatic ring is 1. The smallest absolute Gasteiger partial charge is 0.135 e. The van der Waals surface area contributed by atoms with Crippen LogP contribution in [0.5, 0.6) is 0 Å². The van der Waals surface area contributed by atoms with E-state index in [9.17, 15) is 0 Å². The van der Waals surface area contributed by atoms with E-state index in [1.807, 2.05) is 6.92 Å². The Kier molecular flexibility index (Phi) is 4.51. The highest BCUT2D eigenvalue weighted by Crippen LogP contribution is 2.31. The van der Waals surface area contributed by atoms with Gasteiger partial charge in [-0.1, -0.05) is 27.7 Å². The van der Waals surface area contributed by atoms with Crippen LogP contribution in [0.4, 0.5) is 11.6 Å². The van der Waals surface area contributed by atoms with Crippen LogP contribution in [0.2, 0.25) is 0 Å². The molecule has 1 aliphatic rings. The molecule has 1 aromatic rings. The van der Waals surface area contributed by atoms with E-state index < -0.39 is 0 Å². The average molecular weight is 276 g/mol. The number of nitrogens with two attached hydrogens (primary N) is 1. The molecule has 0 radical (unpaired) electrons. The molecule has 0 bridgehead atoms. The molecule has 0 saturated heterocycles. The van der Waals surface area contributed by atoms with Crippen molar-refractivity contribution in [2.45, 2.75) is 65.8 Å². The zero-order valence-electron chi connectivity index (χ0n) is 13.4. The van der Waals surface area contributed by atoms with Crippen LogP contribution in [-0.4, -0.2) is 16.0 Å². The lowest BCUT2D eigenvalue weighted by Crippen LogP contribution is -2.31. The first kappa shape index (κ1) is 15.1. The molecule has 2 rings (SSSR count). The van der Waals surface area contributed by atoms with E-state index in [0.29, 0.717) is 17.8 Å². The topological polar surface area (TPSA) is 63.8 Å². The first-order valence-corrected chi connectivity index (χ1v) is 7.77. The van der Waals surface area contributed by atoms with Gasteiger partial charge in [-0.05, 0) is 38.0 Å². The third kappa shape index (κ3) is 3.41. The Balaban J connectivity index is 2.20. The minimum Gasteiger partial charge on any atom is -0.383 e. The molecule has 1 aromatic heterocycles. The number of rotatable bonds is 3. The maximum Gasteiger partial charge on any atom is 0.135 e. The molecule has 2 unspecified atom stereocenters. The molecular weight excluding hydrogens is 248 g/mol. The monoisotopic (exact) mass is 276 g/mol. The predicted octanol–water partition coefficient (Wildman–Crippen LogP) is 3.73. The van der Waals surface area contributed by atoms with Crippen LogP contribution in [0.1, 0.15) is 64.3 Å². The van der Waals surface area contributed by atoms with Crippen molar-refractivity contribution in [2.75, 3.05) is 11.1 Å². The summed E-state index contributed by atoms with van der Waals surface area (Å²) < 4.78 is 0. The lowest BCUT2D eigenvalue weighted by atomic mass is 9.80. The van der Waals surface area contributed by atoms with Gasteiger partial charge in [-0.3, -0.25) is 0 Å². The molecule has 0 spiro atoms. The number of anilines is 2. The lowest BCUT2D eigenvalue weighted by Gasteiger charge is -2.32. The Morgan fingerprint density at radius 2 is 1.70 bits per heavy atom. The molecule has 1 fully saturated rings. The lowest BCUT2D eigenvalue weighted by molar-refractivity contribution is 0.280. The van der Waals surface area contributed by atoms with Gasteiger partial charge < -0.3 is 11.1 Å². The number of nitrogens with zero attached hydrogens (tertiary/aromatic N) is 2. The third-order valence-electron chi connectivity index (χ3n) is 4.24. The van der Waals surface area contributed by atoms with Crippen molar-refractivity contribution < 1.29 is 0 Å². The molecule has 1 aliphatic carbocycles. The summed E-state index contributed by atoms with van der Waals surface area (Å²) in [6.45, 7) is 10.9. The number of hydrogen-bond acceptors (Lipinski definition) is 4. The first-order valence-electron chi connectivity index (χ1n) is 7.77. The van der Waals surface area contributed by atoms with Gasteiger partial charge in [0, 0.05) is 17.5 Å². The first-order chi connectivity index (χ1) is 9.36. The largest absolute Gasteiger partial charge is 0.383 e. The fourth-order valence-electron chi connectivity index (χ4n) is 3.21. The molecule has 0 aliphatic heterocycles. The van der Waals surface area contributed by atoms with Gasteiger partial charge in [0.1, 0.15) is 17.5 Å². The highest BCUT2D eigenvalue weighted by molar-refractivity contribution is 5.55. The Bertz CT molecular complexity index is 460. The van der Waals surface area contributed by atoms with E-state index in [2.05, 4.69) is 43.0 Å². The van der Waals surface area contributed by atoms with Crippen molar-refractivity contribution in [3.63, 3.8) is 0 Å². The standard InChI is InChI=1S/C16H28N4/c1-9(2)15-19-14(17)12(5)16(20-15)18-13-7-10(3)6-11(4)8-13/h9-11,13H,6-8H2,1-5H3,(H3,17,18,19,20). The molecule has 0 aromatic carbocycles. The van der Waals surface area contributed by atoms with Gasteiger partial charge in [-0.25, -0.2) is 9.97 Å². The molecule has 20 heavy (non-hydrogen) atoms. The maximum atomic E-state index is 6.03. The molecule has 1 heterocycles. The normalized spacial score (nSPS) is 26.8. The number of aromatic nitrogens is 2. The second-order valence-electron chi connectivity index (χ2n) is 6.85. The van der Waals surface area contributed by atoms with Gasteiger partial charge in [0.25, 0.3) is 0 Å². The summed E-state index contributed by atoms with van der Waals surface area (Å²) in [5.41, 5.74) is 7.00. The summed E-state index contributed by atoms with van der Waals surface area (Å²) in [4.78, 5) is 9.06. The van der Waals surface area contributed by atoms with Gasteiger partial charge >= 0.3 is 0 Å². The highest BCUT2D eigenvalue weighted by atomic mass is 15.1. The summed E-state index contributed by atoms with van der Waals surface area (Å²) >= 11 is 0. The van der Waals surface area contributed by atoms with Crippen molar-refractivity contribution in [1.29, 1.82) is 0 Å². The van der Waals surface area contributed by atoms with Crippen LogP contribution >= 0.6 is 0 Å². The number of hydrogen-bond donors (Lipinski definition) is 2. The van der Waals surface area contributed by atoms with E-state index in [0.717, 1.165) is 29.0 Å². The second kappa shape index (κ2) is 5.98. The minimum atomic E-state index is 0.294. The summed E-state index contributed by atoms with van der Waals surface area (Å²) in [6.07, 6.45) is 3.76. The summed E-state index contributed by atoms with van der Waals surface area (Å²) in [5, 5.41) is 3.61. The molecule has 1 saturated carbocycles. The van der Waals surface area contributed by atoms with Crippen LogP contribution in [0.3, 0.4) is 0 Å². The minimum absolute atomic E-state index is 0.294. The SMILES string of the molecule is Cc1c(N)nc(C(C)C)nc1NC1CC(C)CC(C)C1. The van der Waals surface area contributed by atoms with Crippen molar-refractivity contribution in [2.24, 2.45) is 11.8 Å². The van der Waals surface area contributed by atoms with Crippen LogP contribution in [0, 0.1) is 18.8 Å². The molecular formula is C16H28N4. The highest BCUT2D eigenvalue weighted by Gasteiger charge is 2.25. The summed E-state index contributed by atoms with van der Waals surface area (Å²) in [5.74, 6) is 4.20. The quantitative estimate of drug-likeness (QED) is 0.883. The van der Waals surface area contributed by atoms with E-state index in [1.165, 1.54) is 19.3 Å². The molecule has 3 N–H and O–H groups in total.